The van der Waals surface area contributed by atoms with Crippen LogP contribution in [0.1, 0.15) is 21.9 Å². The van der Waals surface area contributed by atoms with Gasteiger partial charge in [0.25, 0.3) is 5.91 Å². The molecule has 122 valence electrons. The largest absolute Gasteiger partial charge is 0.454 e. The summed E-state index contributed by atoms with van der Waals surface area (Å²) in [6.07, 6.45) is 0.542. The molecule has 0 aliphatic rings. The van der Waals surface area contributed by atoms with Gasteiger partial charge in [0.15, 0.2) is 11.7 Å². The summed E-state index contributed by atoms with van der Waals surface area (Å²) < 4.78 is 18.8. The van der Waals surface area contributed by atoms with Crippen LogP contribution in [0, 0.1) is 5.82 Å². The van der Waals surface area contributed by atoms with E-state index in [0.29, 0.717) is 36.8 Å². The zero-order chi connectivity index (χ0) is 16.7. The van der Waals surface area contributed by atoms with Crippen LogP contribution in [-0.4, -0.2) is 25.5 Å². The lowest BCUT2D eigenvalue weighted by molar-refractivity contribution is 0.0972. The van der Waals surface area contributed by atoms with Crippen molar-refractivity contribution in [2.24, 2.45) is 10.7 Å². The van der Waals surface area contributed by atoms with Gasteiger partial charge in [-0.25, -0.2) is 4.39 Å². The molecule has 0 aliphatic carbocycles. The van der Waals surface area contributed by atoms with Gasteiger partial charge in [0.2, 0.25) is 0 Å². The van der Waals surface area contributed by atoms with Gasteiger partial charge in [0, 0.05) is 13.6 Å². The third-order valence-electron chi connectivity index (χ3n) is 3.20. The Morgan fingerprint density at radius 1 is 1.26 bits per heavy atom. The summed E-state index contributed by atoms with van der Waals surface area (Å²) in [5.74, 6) is 0.411. The van der Waals surface area contributed by atoms with Crippen molar-refractivity contribution in [1.82, 2.24) is 10.6 Å². The average molecular weight is 318 g/mol. The number of hydrogen-bond acceptors (Lipinski definition) is 3. The summed E-state index contributed by atoms with van der Waals surface area (Å²) in [5.41, 5.74) is 5.77. The molecule has 2 aromatic rings. The summed E-state index contributed by atoms with van der Waals surface area (Å²) in [7, 11) is 1.63. The maximum atomic E-state index is 13.5. The Morgan fingerprint density at radius 3 is 2.70 bits per heavy atom. The first kappa shape index (κ1) is 16.5. The molecular formula is C16H19FN4O2. The standard InChI is InChI=1S/C16H19FN4O2/c1-19-16(20-9-8-11-4-2-3-5-13(11)17)21-10-12-6-7-14(23-12)15(18)22/h2-7H,8-10H2,1H3,(H2,18,22)(H2,19,20,21). The molecule has 23 heavy (non-hydrogen) atoms. The number of rotatable bonds is 6. The molecule has 0 unspecified atom stereocenters. The van der Waals surface area contributed by atoms with E-state index < -0.39 is 5.91 Å². The molecule has 7 heteroatoms. The predicted octanol–water partition coefficient (Wildman–Crippen LogP) is 1.43. The molecule has 2 rings (SSSR count). The van der Waals surface area contributed by atoms with Crippen molar-refractivity contribution < 1.29 is 13.6 Å². The molecule has 0 radical (unpaired) electrons. The van der Waals surface area contributed by atoms with Gasteiger partial charge in [-0.1, -0.05) is 18.2 Å². The lowest BCUT2D eigenvalue weighted by Gasteiger charge is -2.11. The molecule has 0 fully saturated rings. The number of amides is 1. The zero-order valence-electron chi connectivity index (χ0n) is 12.8. The van der Waals surface area contributed by atoms with Gasteiger partial charge in [0.1, 0.15) is 11.6 Å². The van der Waals surface area contributed by atoms with Gasteiger partial charge in [-0.15, -0.1) is 0 Å². The fourth-order valence-corrected chi connectivity index (χ4v) is 2.01. The van der Waals surface area contributed by atoms with Gasteiger partial charge < -0.3 is 20.8 Å². The Kier molecular flexibility index (Phi) is 5.74. The van der Waals surface area contributed by atoms with Crippen molar-refractivity contribution in [3.8, 4) is 0 Å². The van der Waals surface area contributed by atoms with Crippen molar-refractivity contribution in [2.75, 3.05) is 13.6 Å². The number of furan rings is 1. The smallest absolute Gasteiger partial charge is 0.284 e. The fraction of sp³-hybridized carbons (Fsp3) is 0.250. The Labute approximate surface area is 133 Å². The second kappa shape index (κ2) is 7.98. The maximum Gasteiger partial charge on any atom is 0.284 e. The summed E-state index contributed by atoms with van der Waals surface area (Å²) in [6.45, 7) is 0.887. The summed E-state index contributed by atoms with van der Waals surface area (Å²) in [6, 6.07) is 9.85. The van der Waals surface area contributed by atoms with E-state index in [4.69, 9.17) is 10.2 Å². The van der Waals surface area contributed by atoms with Crippen molar-refractivity contribution in [1.29, 1.82) is 0 Å². The Morgan fingerprint density at radius 2 is 2.04 bits per heavy atom. The third-order valence-corrected chi connectivity index (χ3v) is 3.20. The Balaban J connectivity index is 1.79. The topological polar surface area (TPSA) is 92.6 Å². The number of carbonyl (C=O) groups is 1. The molecule has 0 aliphatic heterocycles. The second-order valence-corrected chi connectivity index (χ2v) is 4.82. The van der Waals surface area contributed by atoms with Gasteiger partial charge in [-0.2, -0.15) is 0 Å². The number of primary amides is 1. The highest BCUT2D eigenvalue weighted by Crippen LogP contribution is 2.07. The van der Waals surface area contributed by atoms with Gasteiger partial charge in [0.05, 0.1) is 6.54 Å². The van der Waals surface area contributed by atoms with Crippen LogP contribution >= 0.6 is 0 Å². The molecule has 0 atom stereocenters. The van der Waals surface area contributed by atoms with Gasteiger partial charge in [-0.3, -0.25) is 9.79 Å². The molecule has 4 N–H and O–H groups in total. The maximum absolute atomic E-state index is 13.5. The summed E-state index contributed by atoms with van der Waals surface area (Å²) >= 11 is 0. The Hall–Kier alpha value is -2.83. The van der Waals surface area contributed by atoms with Crippen LogP contribution in [0.25, 0.3) is 0 Å². The van der Waals surface area contributed by atoms with E-state index >= 15 is 0 Å². The van der Waals surface area contributed by atoms with E-state index in [0.717, 1.165) is 0 Å². The molecule has 1 aromatic heterocycles. The van der Waals surface area contributed by atoms with Crippen LogP contribution in [0.3, 0.4) is 0 Å². The molecule has 0 spiro atoms. The predicted molar refractivity (Wildman–Crippen MR) is 85.5 cm³/mol. The highest BCUT2D eigenvalue weighted by molar-refractivity contribution is 5.89. The van der Waals surface area contributed by atoms with Gasteiger partial charge in [-0.05, 0) is 30.2 Å². The molecule has 0 saturated heterocycles. The molecule has 6 nitrogen and oxygen atoms in total. The quantitative estimate of drug-likeness (QED) is 0.555. The van der Waals surface area contributed by atoms with E-state index in [2.05, 4.69) is 15.6 Å². The molecule has 0 saturated carbocycles. The van der Waals surface area contributed by atoms with Crippen molar-refractivity contribution in [3.63, 3.8) is 0 Å². The van der Waals surface area contributed by atoms with E-state index in [9.17, 15) is 9.18 Å². The number of aliphatic imine (C=N–C) groups is 1. The first-order chi connectivity index (χ1) is 11.1. The van der Waals surface area contributed by atoms with Crippen LogP contribution in [0.4, 0.5) is 4.39 Å². The fourth-order valence-electron chi connectivity index (χ4n) is 2.01. The summed E-state index contributed by atoms with van der Waals surface area (Å²) in [4.78, 5) is 15.0. The first-order valence-corrected chi connectivity index (χ1v) is 7.16. The molecule has 1 heterocycles. The van der Waals surface area contributed by atoms with E-state index in [-0.39, 0.29) is 11.6 Å². The van der Waals surface area contributed by atoms with Crippen LogP contribution in [0.2, 0.25) is 0 Å². The third kappa shape index (κ3) is 4.84. The zero-order valence-corrected chi connectivity index (χ0v) is 12.8. The van der Waals surface area contributed by atoms with Crippen LogP contribution in [0.15, 0.2) is 45.8 Å². The highest BCUT2D eigenvalue weighted by atomic mass is 19.1. The first-order valence-electron chi connectivity index (χ1n) is 7.16. The summed E-state index contributed by atoms with van der Waals surface area (Å²) in [5, 5.41) is 6.12. The number of nitrogens with zero attached hydrogens (tertiary/aromatic N) is 1. The number of guanidine groups is 1. The van der Waals surface area contributed by atoms with Crippen LogP contribution in [0.5, 0.6) is 0 Å². The molecule has 0 bridgehead atoms. The van der Waals surface area contributed by atoms with E-state index in [1.54, 1.807) is 31.3 Å². The highest BCUT2D eigenvalue weighted by Gasteiger charge is 2.07. The number of carbonyl (C=O) groups excluding carboxylic acids is 1. The van der Waals surface area contributed by atoms with E-state index in [1.807, 2.05) is 0 Å². The second-order valence-electron chi connectivity index (χ2n) is 4.82. The molecule has 1 aromatic carbocycles. The number of hydrogen-bond donors (Lipinski definition) is 3. The minimum absolute atomic E-state index is 0.115. The Bertz CT molecular complexity index is 697. The monoisotopic (exact) mass is 318 g/mol. The molecular weight excluding hydrogens is 299 g/mol. The average Bonchev–Trinajstić information content (AvgIpc) is 3.01. The van der Waals surface area contributed by atoms with Crippen molar-refractivity contribution in [3.05, 3.63) is 59.3 Å². The van der Waals surface area contributed by atoms with Crippen LogP contribution in [-0.2, 0) is 13.0 Å². The van der Waals surface area contributed by atoms with Gasteiger partial charge >= 0.3 is 0 Å². The number of nitrogens with one attached hydrogen (secondary N) is 2. The number of halogens is 1. The normalized spacial score (nSPS) is 11.3. The number of benzene rings is 1. The number of nitrogens with two attached hydrogens (primary N) is 1. The van der Waals surface area contributed by atoms with Crippen LogP contribution < -0.4 is 16.4 Å². The van der Waals surface area contributed by atoms with E-state index in [1.165, 1.54) is 12.1 Å². The molecule has 1 amide bonds. The SMILES string of the molecule is CN=C(NCCc1ccccc1F)NCc1ccc(C(N)=O)o1. The lowest BCUT2D eigenvalue weighted by Crippen LogP contribution is -2.37. The van der Waals surface area contributed by atoms with Crippen molar-refractivity contribution in [2.45, 2.75) is 13.0 Å². The lowest BCUT2D eigenvalue weighted by atomic mass is 10.1. The van der Waals surface area contributed by atoms with Crippen molar-refractivity contribution >= 4 is 11.9 Å². The minimum Gasteiger partial charge on any atom is -0.454 e. The minimum atomic E-state index is -0.608.